The molecule has 1 N–H and O–H groups in total. The minimum Gasteiger partial charge on any atom is -0.452 e. The van der Waals surface area contributed by atoms with E-state index in [1.54, 1.807) is 0 Å². The molecule has 0 saturated carbocycles. The van der Waals surface area contributed by atoms with Crippen LogP contribution in [0.1, 0.15) is 27.2 Å². The zero-order chi connectivity index (χ0) is 14.1. The van der Waals surface area contributed by atoms with Crippen LogP contribution in [0.3, 0.4) is 0 Å². The quantitative estimate of drug-likeness (QED) is 0.814. The van der Waals surface area contributed by atoms with E-state index in [9.17, 15) is 4.79 Å². The number of hydrogen-bond acceptors (Lipinski definition) is 5. The summed E-state index contributed by atoms with van der Waals surface area (Å²) in [5.41, 5.74) is 0. The fourth-order valence-electron chi connectivity index (χ4n) is 1.87. The van der Waals surface area contributed by atoms with Gasteiger partial charge in [-0.05, 0) is 6.42 Å². The van der Waals surface area contributed by atoms with Gasteiger partial charge in [0, 0.05) is 19.6 Å². The average molecular weight is 271 g/mol. The number of carbonyl (C=O) groups excluding carboxylic acids is 1. The molecular formula is C13H25N3O3. The number of morpholine rings is 1. The third-order valence-corrected chi connectivity index (χ3v) is 2.92. The number of nitrogens with one attached hydrogen (secondary N) is 1. The Morgan fingerprint density at radius 1 is 1.37 bits per heavy atom. The molecule has 0 aromatic heterocycles. The number of amides is 1. The van der Waals surface area contributed by atoms with Crippen LogP contribution in [0.5, 0.6) is 0 Å². The van der Waals surface area contributed by atoms with Crippen LogP contribution in [0, 0.1) is 0 Å². The SMILES string of the molecule is CC.CCC1OC(=NCCN2CCOCC2)NC1=O. The van der Waals surface area contributed by atoms with Crippen LogP contribution < -0.4 is 5.32 Å². The molecule has 2 saturated heterocycles. The highest BCUT2D eigenvalue weighted by Crippen LogP contribution is 2.05. The van der Waals surface area contributed by atoms with Gasteiger partial charge in [-0.3, -0.25) is 15.0 Å². The molecule has 19 heavy (non-hydrogen) atoms. The molecule has 6 nitrogen and oxygen atoms in total. The van der Waals surface area contributed by atoms with Crippen molar-refractivity contribution in [3.63, 3.8) is 0 Å². The van der Waals surface area contributed by atoms with E-state index in [1.807, 2.05) is 20.8 Å². The second-order valence-electron chi connectivity index (χ2n) is 4.14. The lowest BCUT2D eigenvalue weighted by Crippen LogP contribution is -2.38. The van der Waals surface area contributed by atoms with Crippen LogP contribution in [0.2, 0.25) is 0 Å². The molecule has 0 aromatic rings. The van der Waals surface area contributed by atoms with Crippen molar-refractivity contribution in [3.8, 4) is 0 Å². The van der Waals surface area contributed by atoms with Crippen molar-refractivity contribution in [1.29, 1.82) is 0 Å². The lowest BCUT2D eigenvalue weighted by Gasteiger charge is -2.25. The Labute approximate surface area is 115 Å². The molecule has 1 amide bonds. The van der Waals surface area contributed by atoms with Gasteiger partial charge in [0.1, 0.15) is 0 Å². The predicted molar refractivity (Wildman–Crippen MR) is 74.2 cm³/mol. The van der Waals surface area contributed by atoms with Crippen molar-refractivity contribution in [2.75, 3.05) is 39.4 Å². The molecule has 6 heteroatoms. The Morgan fingerprint density at radius 3 is 2.63 bits per heavy atom. The monoisotopic (exact) mass is 271 g/mol. The van der Waals surface area contributed by atoms with Gasteiger partial charge in [0.2, 0.25) is 0 Å². The van der Waals surface area contributed by atoms with Crippen molar-refractivity contribution in [1.82, 2.24) is 10.2 Å². The fourth-order valence-corrected chi connectivity index (χ4v) is 1.87. The smallest absolute Gasteiger partial charge is 0.292 e. The van der Waals surface area contributed by atoms with Crippen LogP contribution in [0.4, 0.5) is 0 Å². The molecule has 2 fully saturated rings. The minimum absolute atomic E-state index is 0.0855. The van der Waals surface area contributed by atoms with Crippen molar-refractivity contribution < 1.29 is 14.3 Å². The molecule has 2 heterocycles. The van der Waals surface area contributed by atoms with Crippen molar-refractivity contribution >= 4 is 11.9 Å². The molecule has 0 aliphatic carbocycles. The Kier molecular flexibility index (Phi) is 7.43. The first-order valence-corrected chi connectivity index (χ1v) is 7.11. The van der Waals surface area contributed by atoms with E-state index in [0.29, 0.717) is 19.0 Å². The van der Waals surface area contributed by atoms with Crippen LogP contribution >= 0.6 is 0 Å². The second-order valence-corrected chi connectivity index (χ2v) is 4.14. The molecule has 2 aliphatic rings. The number of hydrogen-bond donors (Lipinski definition) is 1. The van der Waals surface area contributed by atoms with Gasteiger partial charge in [0.05, 0.1) is 19.8 Å². The van der Waals surface area contributed by atoms with E-state index in [4.69, 9.17) is 9.47 Å². The zero-order valence-corrected chi connectivity index (χ0v) is 12.1. The molecule has 0 aromatic carbocycles. The molecule has 1 atom stereocenters. The first kappa shape index (κ1) is 15.9. The van der Waals surface area contributed by atoms with Crippen LogP contribution in [-0.2, 0) is 14.3 Å². The fraction of sp³-hybridized carbons (Fsp3) is 0.846. The van der Waals surface area contributed by atoms with Gasteiger partial charge in [-0.1, -0.05) is 20.8 Å². The summed E-state index contributed by atoms with van der Waals surface area (Å²) in [4.78, 5) is 17.9. The van der Waals surface area contributed by atoms with Gasteiger partial charge < -0.3 is 9.47 Å². The largest absolute Gasteiger partial charge is 0.452 e. The molecule has 110 valence electrons. The van der Waals surface area contributed by atoms with Gasteiger partial charge in [0.25, 0.3) is 11.9 Å². The van der Waals surface area contributed by atoms with Crippen molar-refractivity contribution in [2.45, 2.75) is 33.3 Å². The summed E-state index contributed by atoms with van der Waals surface area (Å²) in [5, 5.41) is 2.64. The lowest BCUT2D eigenvalue weighted by molar-refractivity contribution is -0.123. The van der Waals surface area contributed by atoms with E-state index >= 15 is 0 Å². The third kappa shape index (κ3) is 5.16. The van der Waals surface area contributed by atoms with Gasteiger partial charge in [-0.25, -0.2) is 4.99 Å². The second kappa shape index (κ2) is 8.87. The van der Waals surface area contributed by atoms with E-state index < -0.39 is 0 Å². The summed E-state index contributed by atoms with van der Waals surface area (Å²) in [5.74, 6) is -0.0855. The first-order valence-electron chi connectivity index (χ1n) is 7.11. The third-order valence-electron chi connectivity index (χ3n) is 2.92. The van der Waals surface area contributed by atoms with Crippen LogP contribution in [0.25, 0.3) is 0 Å². The lowest BCUT2D eigenvalue weighted by atomic mass is 10.3. The number of aliphatic imine (C=N–C) groups is 1. The highest BCUT2D eigenvalue weighted by atomic mass is 16.5. The van der Waals surface area contributed by atoms with Gasteiger partial charge in [-0.2, -0.15) is 0 Å². The maximum atomic E-state index is 11.3. The van der Waals surface area contributed by atoms with E-state index in [2.05, 4.69) is 15.2 Å². The summed E-state index contributed by atoms with van der Waals surface area (Å²) < 4.78 is 10.6. The number of nitrogens with zero attached hydrogens (tertiary/aromatic N) is 2. The molecule has 0 spiro atoms. The number of rotatable bonds is 4. The Morgan fingerprint density at radius 2 is 2.05 bits per heavy atom. The van der Waals surface area contributed by atoms with E-state index in [0.717, 1.165) is 32.8 Å². The molecule has 2 aliphatic heterocycles. The highest BCUT2D eigenvalue weighted by Gasteiger charge is 2.28. The summed E-state index contributed by atoms with van der Waals surface area (Å²) >= 11 is 0. The van der Waals surface area contributed by atoms with Crippen molar-refractivity contribution in [3.05, 3.63) is 0 Å². The molecule has 2 rings (SSSR count). The molecule has 0 radical (unpaired) electrons. The van der Waals surface area contributed by atoms with E-state index in [-0.39, 0.29) is 12.0 Å². The van der Waals surface area contributed by atoms with Crippen molar-refractivity contribution in [2.24, 2.45) is 4.99 Å². The number of ether oxygens (including phenoxy) is 2. The normalized spacial score (nSPS) is 25.5. The molecule has 0 bridgehead atoms. The summed E-state index contributed by atoms with van der Waals surface area (Å²) in [6.07, 6.45) is 0.311. The summed E-state index contributed by atoms with van der Waals surface area (Å²) in [7, 11) is 0. The van der Waals surface area contributed by atoms with Crippen LogP contribution in [0.15, 0.2) is 4.99 Å². The standard InChI is InChI=1S/C11H19N3O3.C2H6/c1-2-9-10(15)13-11(17-9)12-3-4-14-5-7-16-8-6-14;1-2/h9H,2-8H2,1H3,(H,12,13,15);1-2H3. The summed E-state index contributed by atoms with van der Waals surface area (Å²) in [6.45, 7) is 10.9. The highest BCUT2D eigenvalue weighted by molar-refractivity contribution is 6.01. The number of amidine groups is 1. The maximum absolute atomic E-state index is 11.3. The van der Waals surface area contributed by atoms with Gasteiger partial charge >= 0.3 is 0 Å². The Bertz CT molecular complexity index is 302. The van der Waals surface area contributed by atoms with Gasteiger partial charge in [-0.15, -0.1) is 0 Å². The van der Waals surface area contributed by atoms with E-state index in [1.165, 1.54) is 0 Å². The number of carbonyl (C=O) groups is 1. The molecular weight excluding hydrogens is 246 g/mol. The zero-order valence-electron chi connectivity index (χ0n) is 12.1. The first-order chi connectivity index (χ1) is 9.29. The Balaban J connectivity index is 0.000000861. The molecule has 1 unspecified atom stereocenters. The van der Waals surface area contributed by atoms with Gasteiger partial charge in [0.15, 0.2) is 6.10 Å². The van der Waals surface area contributed by atoms with Crippen LogP contribution in [-0.4, -0.2) is 62.3 Å². The topological polar surface area (TPSA) is 63.2 Å². The summed E-state index contributed by atoms with van der Waals surface area (Å²) in [6, 6.07) is 0.370. The Hall–Kier alpha value is -1.14. The maximum Gasteiger partial charge on any atom is 0.292 e. The average Bonchev–Trinajstić information content (AvgIpc) is 2.82. The minimum atomic E-state index is -0.364. The predicted octanol–water partition coefficient (Wildman–Crippen LogP) is 0.626.